The van der Waals surface area contributed by atoms with E-state index >= 15 is 0 Å². The van der Waals surface area contributed by atoms with Crippen LogP contribution < -0.4 is 5.43 Å². The predicted molar refractivity (Wildman–Crippen MR) is 75.8 cm³/mol. The van der Waals surface area contributed by atoms with Crippen LogP contribution in [0.3, 0.4) is 0 Å². The molecule has 2 aromatic rings. The first-order chi connectivity index (χ1) is 8.65. The summed E-state index contributed by atoms with van der Waals surface area (Å²) in [5.41, 5.74) is 2.88. The first kappa shape index (κ1) is 13.1. The summed E-state index contributed by atoms with van der Waals surface area (Å²) in [4.78, 5) is 12.6. The van der Waals surface area contributed by atoms with Gasteiger partial charge in [0.05, 0.1) is 10.6 Å². The molecule has 1 amide bonds. The number of halogens is 2. The molecule has 92 valence electrons. The number of hydrogen-bond acceptors (Lipinski definition) is 3. The van der Waals surface area contributed by atoms with E-state index in [2.05, 4.69) is 10.5 Å². The molecule has 0 saturated heterocycles. The number of rotatable bonds is 3. The molecular formula is C12H8Cl2N2OS. The minimum Gasteiger partial charge on any atom is -0.267 e. The predicted octanol–water partition coefficient (Wildman–Crippen LogP) is 3.82. The van der Waals surface area contributed by atoms with Gasteiger partial charge in [0.25, 0.3) is 5.91 Å². The fraction of sp³-hybridized carbons (Fsp3) is 0. The molecule has 18 heavy (non-hydrogen) atoms. The van der Waals surface area contributed by atoms with Gasteiger partial charge in [-0.15, -0.1) is 11.3 Å². The molecule has 1 N–H and O–H groups in total. The first-order valence-electron chi connectivity index (χ1n) is 4.99. The van der Waals surface area contributed by atoms with Gasteiger partial charge in [-0.1, -0.05) is 29.3 Å². The smallest absolute Gasteiger partial charge is 0.267 e. The molecule has 0 unspecified atom stereocenters. The molecule has 0 radical (unpaired) electrons. The number of carbonyl (C=O) groups excluding carboxylic acids is 1. The summed E-state index contributed by atoms with van der Waals surface area (Å²) < 4.78 is 0.678. The molecule has 1 aromatic heterocycles. The van der Waals surface area contributed by atoms with Crippen molar-refractivity contribution in [2.24, 2.45) is 5.10 Å². The Morgan fingerprint density at radius 3 is 2.78 bits per heavy atom. The summed E-state index contributed by atoms with van der Waals surface area (Å²) in [5.74, 6) is -0.309. The quantitative estimate of drug-likeness (QED) is 0.679. The average Bonchev–Trinajstić information content (AvgIpc) is 2.75. The Morgan fingerprint density at radius 2 is 2.11 bits per heavy atom. The number of benzene rings is 1. The van der Waals surface area contributed by atoms with Gasteiger partial charge in [-0.3, -0.25) is 4.79 Å². The van der Waals surface area contributed by atoms with Crippen molar-refractivity contribution in [3.63, 3.8) is 0 Å². The van der Waals surface area contributed by atoms with Crippen LogP contribution in [-0.2, 0) is 0 Å². The maximum Gasteiger partial charge on any atom is 0.271 e. The first-order valence-corrected chi connectivity index (χ1v) is 6.57. The fourth-order valence-corrected chi connectivity index (χ4v) is 2.37. The highest BCUT2D eigenvalue weighted by atomic mass is 35.5. The molecule has 0 bridgehead atoms. The highest BCUT2D eigenvalue weighted by Gasteiger charge is 2.03. The highest BCUT2D eigenvalue weighted by Crippen LogP contribution is 2.19. The summed E-state index contributed by atoms with van der Waals surface area (Å²) in [6, 6.07) is 10.2. The van der Waals surface area contributed by atoms with Crippen LogP contribution in [0.4, 0.5) is 0 Å². The van der Waals surface area contributed by atoms with Crippen LogP contribution in [0.5, 0.6) is 0 Å². The van der Waals surface area contributed by atoms with Crippen LogP contribution in [0, 0.1) is 0 Å². The number of hydrogen-bond donors (Lipinski definition) is 1. The Morgan fingerprint density at radius 1 is 1.28 bits per heavy atom. The molecular weight excluding hydrogens is 291 g/mol. The van der Waals surface area contributed by atoms with E-state index < -0.39 is 0 Å². The molecule has 0 atom stereocenters. The zero-order valence-electron chi connectivity index (χ0n) is 9.06. The number of carbonyl (C=O) groups is 1. The third-order valence-corrected chi connectivity index (χ3v) is 3.44. The van der Waals surface area contributed by atoms with Crippen LogP contribution in [0.15, 0.2) is 41.5 Å². The SMILES string of the molecule is O=C(N/N=C/c1ccc(Cl)s1)c1cccc(Cl)c1. The molecule has 0 aliphatic heterocycles. The Hall–Kier alpha value is -1.36. The zero-order valence-corrected chi connectivity index (χ0v) is 11.4. The second-order valence-electron chi connectivity index (χ2n) is 3.35. The Labute approximate surface area is 118 Å². The standard InChI is InChI=1S/C12H8Cl2N2OS/c13-9-3-1-2-8(6-9)12(17)16-15-7-10-4-5-11(14)18-10/h1-7H,(H,16,17)/b15-7+. The largest absolute Gasteiger partial charge is 0.271 e. The van der Waals surface area contributed by atoms with Crippen molar-refractivity contribution in [1.82, 2.24) is 5.43 Å². The van der Waals surface area contributed by atoms with Crippen molar-refractivity contribution in [3.8, 4) is 0 Å². The van der Waals surface area contributed by atoms with Gasteiger partial charge in [-0.05, 0) is 30.3 Å². The van der Waals surface area contributed by atoms with Gasteiger partial charge in [0, 0.05) is 15.5 Å². The summed E-state index contributed by atoms with van der Waals surface area (Å²) in [7, 11) is 0. The van der Waals surface area contributed by atoms with Crippen LogP contribution >= 0.6 is 34.5 Å². The van der Waals surface area contributed by atoms with E-state index in [4.69, 9.17) is 23.2 Å². The van der Waals surface area contributed by atoms with Crippen molar-refractivity contribution in [1.29, 1.82) is 0 Å². The lowest BCUT2D eigenvalue weighted by Crippen LogP contribution is -2.17. The lowest BCUT2D eigenvalue weighted by atomic mass is 10.2. The molecule has 3 nitrogen and oxygen atoms in total. The number of thiophene rings is 1. The van der Waals surface area contributed by atoms with Crippen LogP contribution in [-0.4, -0.2) is 12.1 Å². The molecule has 0 aliphatic rings. The molecule has 1 aromatic carbocycles. The Balaban J connectivity index is 1.98. The van der Waals surface area contributed by atoms with E-state index in [1.165, 1.54) is 11.3 Å². The maximum absolute atomic E-state index is 11.7. The summed E-state index contributed by atoms with van der Waals surface area (Å²) >= 11 is 12.9. The van der Waals surface area contributed by atoms with Crippen molar-refractivity contribution < 1.29 is 4.79 Å². The maximum atomic E-state index is 11.7. The van der Waals surface area contributed by atoms with Gasteiger partial charge >= 0.3 is 0 Å². The molecule has 2 rings (SSSR count). The van der Waals surface area contributed by atoms with Gasteiger partial charge in [0.15, 0.2) is 0 Å². The van der Waals surface area contributed by atoms with Gasteiger partial charge < -0.3 is 0 Å². The van der Waals surface area contributed by atoms with Crippen LogP contribution in [0.2, 0.25) is 9.36 Å². The van der Waals surface area contributed by atoms with Gasteiger partial charge in [-0.2, -0.15) is 5.10 Å². The molecule has 6 heteroatoms. The number of hydrazone groups is 1. The van der Waals surface area contributed by atoms with Crippen molar-refractivity contribution in [2.45, 2.75) is 0 Å². The summed E-state index contributed by atoms with van der Waals surface area (Å²) in [6.07, 6.45) is 1.54. The third kappa shape index (κ3) is 3.57. The lowest BCUT2D eigenvalue weighted by molar-refractivity contribution is 0.0955. The normalized spacial score (nSPS) is 10.8. The summed E-state index contributed by atoms with van der Waals surface area (Å²) in [6.45, 7) is 0. The second-order valence-corrected chi connectivity index (χ2v) is 5.53. The summed E-state index contributed by atoms with van der Waals surface area (Å²) in [5, 5.41) is 4.36. The van der Waals surface area contributed by atoms with E-state index in [1.54, 1.807) is 36.5 Å². The Kier molecular flexibility index (Phi) is 4.36. The minimum absolute atomic E-state index is 0.309. The van der Waals surface area contributed by atoms with Crippen LogP contribution in [0.25, 0.3) is 0 Å². The second kappa shape index (κ2) is 6.00. The van der Waals surface area contributed by atoms with E-state index in [1.807, 2.05) is 6.07 Å². The average molecular weight is 299 g/mol. The Bertz CT molecular complexity index is 595. The molecule has 0 spiro atoms. The molecule has 0 fully saturated rings. The van der Waals surface area contributed by atoms with Crippen molar-refractivity contribution >= 4 is 46.7 Å². The molecule has 0 saturated carbocycles. The lowest BCUT2D eigenvalue weighted by Gasteiger charge is -1.99. The van der Waals surface area contributed by atoms with E-state index in [9.17, 15) is 4.79 Å². The van der Waals surface area contributed by atoms with Crippen molar-refractivity contribution in [3.05, 3.63) is 56.2 Å². The molecule has 1 heterocycles. The topological polar surface area (TPSA) is 41.5 Å². The van der Waals surface area contributed by atoms with E-state index in [0.29, 0.717) is 14.9 Å². The van der Waals surface area contributed by atoms with Gasteiger partial charge in [0.1, 0.15) is 0 Å². The van der Waals surface area contributed by atoms with Crippen LogP contribution in [0.1, 0.15) is 15.2 Å². The van der Waals surface area contributed by atoms with Gasteiger partial charge in [-0.25, -0.2) is 5.43 Å². The zero-order chi connectivity index (χ0) is 13.0. The monoisotopic (exact) mass is 298 g/mol. The number of nitrogens with zero attached hydrogens (tertiary/aromatic N) is 1. The number of amides is 1. The fourth-order valence-electron chi connectivity index (χ4n) is 1.25. The van der Waals surface area contributed by atoms with Gasteiger partial charge in [0.2, 0.25) is 0 Å². The number of nitrogens with one attached hydrogen (secondary N) is 1. The third-order valence-electron chi connectivity index (χ3n) is 2.04. The van der Waals surface area contributed by atoms with Crippen molar-refractivity contribution in [2.75, 3.05) is 0 Å². The van der Waals surface area contributed by atoms with E-state index in [-0.39, 0.29) is 5.91 Å². The van der Waals surface area contributed by atoms with E-state index in [0.717, 1.165) is 4.88 Å². The minimum atomic E-state index is -0.309. The molecule has 0 aliphatic carbocycles. The highest BCUT2D eigenvalue weighted by molar-refractivity contribution is 7.17.